The van der Waals surface area contributed by atoms with Crippen molar-refractivity contribution in [3.63, 3.8) is 0 Å². The molecule has 17 heavy (non-hydrogen) atoms. The van der Waals surface area contributed by atoms with Crippen molar-refractivity contribution in [3.05, 3.63) is 48.3 Å². The summed E-state index contributed by atoms with van der Waals surface area (Å²) < 4.78 is 1.81. The van der Waals surface area contributed by atoms with Crippen molar-refractivity contribution in [3.8, 4) is 11.8 Å². The topological polar surface area (TPSA) is 68.0 Å². The van der Waals surface area contributed by atoms with Gasteiger partial charge < -0.3 is 9.67 Å². The molecule has 0 bridgehead atoms. The number of hydrogen-bond acceptors (Lipinski definition) is 3. The summed E-state index contributed by atoms with van der Waals surface area (Å²) in [6.07, 6.45) is 6.57. The minimum Gasteiger partial charge on any atom is -0.478 e. The molecule has 0 saturated heterocycles. The number of hydrogen-bond donors (Lipinski definition) is 1. The van der Waals surface area contributed by atoms with Gasteiger partial charge in [0.05, 0.1) is 18.4 Å². The van der Waals surface area contributed by atoms with E-state index in [1.54, 1.807) is 18.7 Å². The molecule has 2 heterocycles. The summed E-state index contributed by atoms with van der Waals surface area (Å²) in [6, 6.07) is 2.88. The maximum Gasteiger partial charge on any atom is 0.335 e. The summed E-state index contributed by atoms with van der Waals surface area (Å²) in [6.45, 7) is 0.499. The smallest absolute Gasteiger partial charge is 0.335 e. The van der Waals surface area contributed by atoms with Gasteiger partial charge in [0.2, 0.25) is 0 Å². The van der Waals surface area contributed by atoms with Gasteiger partial charge in [-0.2, -0.15) is 0 Å². The highest BCUT2D eigenvalue weighted by Gasteiger charge is 2.01. The van der Waals surface area contributed by atoms with Crippen molar-refractivity contribution in [2.24, 2.45) is 0 Å². The maximum absolute atomic E-state index is 10.7. The molecule has 0 fully saturated rings. The third-order valence-corrected chi connectivity index (χ3v) is 2.04. The zero-order chi connectivity index (χ0) is 12.1. The first kappa shape index (κ1) is 10.9. The fourth-order valence-electron chi connectivity index (χ4n) is 1.23. The number of nitrogens with zero attached hydrogens (tertiary/aromatic N) is 3. The Bertz CT molecular complexity index is 579. The van der Waals surface area contributed by atoms with Gasteiger partial charge in [-0.3, -0.25) is 0 Å². The molecule has 0 radical (unpaired) electrons. The van der Waals surface area contributed by atoms with Crippen LogP contribution in [0.1, 0.15) is 16.1 Å². The van der Waals surface area contributed by atoms with Gasteiger partial charge in [0.15, 0.2) is 0 Å². The lowest BCUT2D eigenvalue weighted by Gasteiger charge is -1.94. The Kier molecular flexibility index (Phi) is 3.17. The second-order valence-electron chi connectivity index (χ2n) is 3.27. The van der Waals surface area contributed by atoms with Crippen LogP contribution in [-0.2, 0) is 6.54 Å². The molecule has 0 atom stereocenters. The van der Waals surface area contributed by atoms with Crippen LogP contribution < -0.4 is 0 Å². The number of pyridine rings is 1. The Morgan fingerprint density at radius 3 is 3.06 bits per heavy atom. The molecule has 0 aliphatic heterocycles. The van der Waals surface area contributed by atoms with Crippen LogP contribution in [0, 0.1) is 11.8 Å². The van der Waals surface area contributed by atoms with E-state index < -0.39 is 5.97 Å². The minimum absolute atomic E-state index is 0.187. The van der Waals surface area contributed by atoms with E-state index in [1.165, 1.54) is 18.3 Å². The van der Waals surface area contributed by atoms with Gasteiger partial charge in [0.1, 0.15) is 5.69 Å². The predicted molar refractivity (Wildman–Crippen MR) is 60.3 cm³/mol. The van der Waals surface area contributed by atoms with Crippen molar-refractivity contribution in [2.75, 3.05) is 0 Å². The monoisotopic (exact) mass is 227 g/mol. The van der Waals surface area contributed by atoms with Gasteiger partial charge in [0, 0.05) is 18.6 Å². The first-order valence-electron chi connectivity index (χ1n) is 4.89. The Morgan fingerprint density at radius 1 is 1.47 bits per heavy atom. The van der Waals surface area contributed by atoms with Crippen LogP contribution in [0.3, 0.4) is 0 Å². The lowest BCUT2D eigenvalue weighted by atomic mass is 10.2. The number of carboxylic acids is 1. The van der Waals surface area contributed by atoms with E-state index in [2.05, 4.69) is 21.8 Å². The Morgan fingerprint density at radius 2 is 2.35 bits per heavy atom. The van der Waals surface area contributed by atoms with E-state index >= 15 is 0 Å². The molecule has 0 saturated carbocycles. The predicted octanol–water partition coefficient (Wildman–Crippen LogP) is 1.03. The van der Waals surface area contributed by atoms with Crippen LogP contribution in [0.15, 0.2) is 37.1 Å². The molecule has 1 N–H and O–H groups in total. The molecule has 2 rings (SSSR count). The number of aromatic nitrogens is 3. The fourth-order valence-corrected chi connectivity index (χ4v) is 1.23. The molecule has 0 aromatic carbocycles. The second kappa shape index (κ2) is 4.94. The third-order valence-electron chi connectivity index (χ3n) is 2.04. The van der Waals surface area contributed by atoms with E-state index in [9.17, 15) is 4.79 Å². The SMILES string of the molecule is O=C(O)c1ccnc(C#CCn2ccnc2)c1. The number of aromatic carboxylic acids is 1. The van der Waals surface area contributed by atoms with E-state index in [4.69, 9.17) is 5.11 Å². The van der Waals surface area contributed by atoms with Crippen molar-refractivity contribution >= 4 is 5.97 Å². The minimum atomic E-state index is -0.981. The molecular formula is C12H9N3O2. The van der Waals surface area contributed by atoms with Gasteiger partial charge in [0.25, 0.3) is 0 Å². The maximum atomic E-state index is 10.7. The van der Waals surface area contributed by atoms with Crippen molar-refractivity contribution in [2.45, 2.75) is 6.54 Å². The summed E-state index contributed by atoms with van der Waals surface area (Å²) in [5, 5.41) is 8.80. The summed E-state index contributed by atoms with van der Waals surface area (Å²) in [7, 11) is 0. The van der Waals surface area contributed by atoms with Crippen LogP contribution in [0.2, 0.25) is 0 Å². The zero-order valence-electron chi connectivity index (χ0n) is 8.87. The van der Waals surface area contributed by atoms with E-state index in [0.717, 1.165) is 0 Å². The summed E-state index contributed by atoms with van der Waals surface area (Å²) in [5.74, 6) is 4.71. The quantitative estimate of drug-likeness (QED) is 0.778. The Hall–Kier alpha value is -2.61. The van der Waals surface area contributed by atoms with Gasteiger partial charge in [-0.25, -0.2) is 14.8 Å². The molecule has 0 amide bonds. The van der Waals surface area contributed by atoms with Crippen LogP contribution in [-0.4, -0.2) is 25.6 Å². The van der Waals surface area contributed by atoms with Crippen molar-refractivity contribution in [1.29, 1.82) is 0 Å². The first-order chi connectivity index (χ1) is 8.25. The normalized spacial score (nSPS) is 9.41. The summed E-state index contributed by atoms with van der Waals surface area (Å²) in [5.41, 5.74) is 0.636. The Labute approximate surface area is 97.8 Å². The summed E-state index contributed by atoms with van der Waals surface area (Å²) in [4.78, 5) is 18.6. The molecular weight excluding hydrogens is 218 g/mol. The third kappa shape index (κ3) is 2.92. The van der Waals surface area contributed by atoms with E-state index in [0.29, 0.717) is 12.2 Å². The number of carboxylic acid groups (broad SMARTS) is 1. The molecule has 5 heteroatoms. The molecule has 2 aromatic heterocycles. The lowest BCUT2D eigenvalue weighted by Crippen LogP contribution is -1.97. The van der Waals surface area contributed by atoms with Crippen molar-refractivity contribution in [1.82, 2.24) is 14.5 Å². The molecule has 0 aliphatic carbocycles. The van der Waals surface area contributed by atoms with Gasteiger partial charge >= 0.3 is 5.97 Å². The summed E-state index contributed by atoms with van der Waals surface area (Å²) >= 11 is 0. The molecule has 0 aliphatic rings. The van der Waals surface area contributed by atoms with Gasteiger partial charge in [-0.15, -0.1) is 0 Å². The fraction of sp³-hybridized carbons (Fsp3) is 0.0833. The van der Waals surface area contributed by atoms with Crippen LogP contribution in [0.25, 0.3) is 0 Å². The van der Waals surface area contributed by atoms with Crippen LogP contribution in [0.5, 0.6) is 0 Å². The van der Waals surface area contributed by atoms with Crippen LogP contribution in [0.4, 0.5) is 0 Å². The Balaban J connectivity index is 2.11. The highest BCUT2D eigenvalue weighted by Crippen LogP contribution is 2.00. The average molecular weight is 227 g/mol. The molecule has 84 valence electrons. The van der Waals surface area contributed by atoms with E-state index in [-0.39, 0.29) is 5.56 Å². The highest BCUT2D eigenvalue weighted by atomic mass is 16.4. The second-order valence-corrected chi connectivity index (χ2v) is 3.27. The zero-order valence-corrected chi connectivity index (χ0v) is 8.87. The lowest BCUT2D eigenvalue weighted by molar-refractivity contribution is 0.0696. The molecule has 2 aromatic rings. The highest BCUT2D eigenvalue weighted by molar-refractivity contribution is 5.87. The molecule has 0 spiro atoms. The molecule has 5 nitrogen and oxygen atoms in total. The number of imidazole rings is 1. The van der Waals surface area contributed by atoms with E-state index in [1.807, 2.05) is 4.57 Å². The standard InChI is InChI=1S/C12H9N3O2/c16-12(17)10-3-4-14-11(8-10)2-1-6-15-7-5-13-9-15/h3-5,7-9H,6H2,(H,16,17). The largest absolute Gasteiger partial charge is 0.478 e. The average Bonchev–Trinajstić information content (AvgIpc) is 2.82. The number of rotatable bonds is 2. The van der Waals surface area contributed by atoms with Gasteiger partial charge in [-0.05, 0) is 18.1 Å². The first-order valence-corrected chi connectivity index (χ1v) is 4.89. The van der Waals surface area contributed by atoms with Gasteiger partial charge in [-0.1, -0.05) is 5.92 Å². The molecule has 0 unspecified atom stereocenters. The number of carbonyl (C=O) groups is 1. The van der Waals surface area contributed by atoms with Crippen LogP contribution >= 0.6 is 0 Å². The van der Waals surface area contributed by atoms with Crippen molar-refractivity contribution < 1.29 is 9.90 Å².